The minimum Gasteiger partial charge on any atom is -0.395 e. The molecule has 1 fully saturated rings. The summed E-state index contributed by atoms with van der Waals surface area (Å²) in [5, 5.41) is 0. The van der Waals surface area contributed by atoms with Gasteiger partial charge in [0.15, 0.2) is 0 Å². The molecular formula is C14H32O5Si2. The Balaban J connectivity index is 2.92. The molecule has 126 valence electrons. The van der Waals surface area contributed by atoms with Crippen LogP contribution in [0.4, 0.5) is 0 Å². The lowest BCUT2D eigenvalue weighted by Crippen LogP contribution is -2.59. The highest BCUT2D eigenvalue weighted by Crippen LogP contribution is 2.41. The van der Waals surface area contributed by atoms with E-state index in [4.69, 9.17) is 21.8 Å². The van der Waals surface area contributed by atoms with Crippen LogP contribution < -0.4 is 0 Å². The first kappa shape index (κ1) is 19.3. The van der Waals surface area contributed by atoms with E-state index in [1.807, 2.05) is 27.7 Å². The molecule has 0 aromatic heterocycles. The van der Waals surface area contributed by atoms with E-state index in [1.165, 1.54) is 25.7 Å². The molecule has 0 aromatic rings. The molecule has 1 unspecified atom stereocenters. The Bertz CT molecular complexity index is 260. The molecule has 0 bridgehead atoms. The average molecular weight is 337 g/mol. The second-order valence-corrected chi connectivity index (χ2v) is 11.2. The van der Waals surface area contributed by atoms with Crippen molar-refractivity contribution in [1.82, 2.24) is 0 Å². The molecule has 0 amide bonds. The average Bonchev–Trinajstić information content (AvgIpc) is 2.94. The Morgan fingerprint density at radius 1 is 0.762 bits per heavy atom. The number of hydrogen-bond acceptors (Lipinski definition) is 5. The highest BCUT2D eigenvalue weighted by molar-refractivity contribution is 6.76. The normalized spacial score (nSPS) is 19.9. The molecule has 21 heavy (non-hydrogen) atoms. The molecule has 1 aliphatic rings. The molecule has 5 nitrogen and oxygen atoms in total. The first-order valence-corrected chi connectivity index (χ1v) is 12.3. The van der Waals surface area contributed by atoms with Crippen molar-refractivity contribution in [3.63, 3.8) is 0 Å². The number of rotatable bonds is 11. The summed E-state index contributed by atoms with van der Waals surface area (Å²) in [6.45, 7) is 12.2. The van der Waals surface area contributed by atoms with Crippen LogP contribution in [0.2, 0.25) is 12.1 Å². The molecule has 7 heteroatoms. The van der Waals surface area contributed by atoms with Gasteiger partial charge in [0.25, 0.3) is 0 Å². The van der Waals surface area contributed by atoms with E-state index in [0.717, 1.165) is 0 Å². The first-order valence-electron chi connectivity index (χ1n) is 8.31. The van der Waals surface area contributed by atoms with Gasteiger partial charge in [-0.05, 0) is 47.1 Å². The van der Waals surface area contributed by atoms with Gasteiger partial charge >= 0.3 is 17.6 Å². The predicted molar refractivity (Wildman–Crippen MR) is 87.2 cm³/mol. The van der Waals surface area contributed by atoms with Crippen molar-refractivity contribution in [2.45, 2.75) is 65.5 Å². The van der Waals surface area contributed by atoms with Crippen molar-refractivity contribution >= 4 is 17.6 Å². The Hall–Kier alpha value is 0.234. The van der Waals surface area contributed by atoms with E-state index in [-0.39, 0.29) is 0 Å². The summed E-state index contributed by atoms with van der Waals surface area (Å²) in [5.41, 5.74) is 0.505. The van der Waals surface area contributed by atoms with Crippen molar-refractivity contribution in [1.29, 1.82) is 0 Å². The fraction of sp³-hybridized carbons (Fsp3) is 1.00. The van der Waals surface area contributed by atoms with Gasteiger partial charge in [-0.3, -0.25) is 0 Å². The summed E-state index contributed by atoms with van der Waals surface area (Å²) in [6, 6.07) is 0. The predicted octanol–water partition coefficient (Wildman–Crippen LogP) is 3.60. The summed E-state index contributed by atoms with van der Waals surface area (Å²) >= 11 is 0. The maximum Gasteiger partial charge on any atom is 0.670 e. The van der Waals surface area contributed by atoms with Gasteiger partial charge in [-0.15, -0.1) is 0 Å². The lowest BCUT2D eigenvalue weighted by molar-refractivity contribution is -0.00384. The maximum atomic E-state index is 6.46. The lowest BCUT2D eigenvalue weighted by Gasteiger charge is -2.38. The van der Waals surface area contributed by atoms with Gasteiger partial charge < -0.3 is 21.8 Å². The number of hydrogen-bond donors (Lipinski definition) is 0. The summed E-state index contributed by atoms with van der Waals surface area (Å²) < 4.78 is 30.1. The molecule has 0 aliphatic heterocycles. The van der Waals surface area contributed by atoms with Gasteiger partial charge in [-0.2, -0.15) is 0 Å². The van der Waals surface area contributed by atoms with Crippen molar-refractivity contribution in [3.05, 3.63) is 0 Å². The molecule has 0 spiro atoms. The maximum absolute atomic E-state index is 6.46. The van der Waals surface area contributed by atoms with Gasteiger partial charge in [-0.25, -0.2) is 0 Å². The summed E-state index contributed by atoms with van der Waals surface area (Å²) in [7, 11) is -5.48. The SMILES string of the molecule is CCO[Si](OCC)(OCC)O[Si](C)(OCC)C1CCCC1. The van der Waals surface area contributed by atoms with E-state index in [2.05, 4.69) is 6.55 Å². The third kappa shape index (κ3) is 5.42. The molecule has 0 radical (unpaired) electrons. The summed E-state index contributed by atoms with van der Waals surface area (Å²) in [5.74, 6) is 0. The van der Waals surface area contributed by atoms with Crippen LogP contribution >= 0.6 is 0 Å². The molecule has 1 saturated carbocycles. The van der Waals surface area contributed by atoms with E-state index >= 15 is 0 Å². The smallest absolute Gasteiger partial charge is 0.395 e. The fourth-order valence-corrected chi connectivity index (χ4v) is 10.1. The van der Waals surface area contributed by atoms with Crippen LogP contribution in [-0.4, -0.2) is 44.0 Å². The van der Waals surface area contributed by atoms with Gasteiger partial charge in [-0.1, -0.05) is 12.8 Å². The monoisotopic (exact) mass is 336 g/mol. The highest BCUT2D eigenvalue weighted by Gasteiger charge is 2.55. The van der Waals surface area contributed by atoms with Crippen molar-refractivity contribution in [3.8, 4) is 0 Å². The van der Waals surface area contributed by atoms with Crippen molar-refractivity contribution in [2.24, 2.45) is 0 Å². The van der Waals surface area contributed by atoms with Crippen molar-refractivity contribution in [2.75, 3.05) is 26.4 Å². The van der Waals surface area contributed by atoms with E-state index in [0.29, 0.717) is 32.0 Å². The largest absolute Gasteiger partial charge is 0.670 e. The second-order valence-electron chi connectivity index (χ2n) is 5.33. The van der Waals surface area contributed by atoms with E-state index < -0.39 is 17.6 Å². The van der Waals surface area contributed by atoms with Crippen molar-refractivity contribution < 1.29 is 21.8 Å². The molecule has 1 rings (SSSR count). The van der Waals surface area contributed by atoms with Crippen LogP contribution in [0, 0.1) is 0 Å². The molecule has 1 aliphatic carbocycles. The Kier molecular flexibility index (Phi) is 8.62. The van der Waals surface area contributed by atoms with Gasteiger partial charge in [0, 0.05) is 32.0 Å². The third-order valence-corrected chi connectivity index (χ3v) is 11.3. The van der Waals surface area contributed by atoms with Gasteiger partial charge in [0.05, 0.1) is 0 Å². The second kappa shape index (κ2) is 9.39. The zero-order valence-corrected chi connectivity index (χ0v) is 16.3. The minimum atomic E-state index is -3.10. The van der Waals surface area contributed by atoms with Crippen LogP contribution in [0.3, 0.4) is 0 Å². The van der Waals surface area contributed by atoms with Gasteiger partial charge in [0.2, 0.25) is 0 Å². The Labute approximate surface area is 132 Å². The summed E-state index contributed by atoms with van der Waals surface area (Å²) in [6.07, 6.45) is 4.88. The zero-order valence-electron chi connectivity index (χ0n) is 14.3. The molecule has 0 aromatic carbocycles. The fourth-order valence-electron chi connectivity index (χ4n) is 2.96. The third-order valence-electron chi connectivity index (χ3n) is 3.82. The quantitative estimate of drug-likeness (QED) is 0.539. The molecule has 0 N–H and O–H groups in total. The molecule has 1 atom stereocenters. The van der Waals surface area contributed by atoms with Crippen LogP contribution in [-0.2, 0) is 21.8 Å². The van der Waals surface area contributed by atoms with Gasteiger partial charge in [0.1, 0.15) is 0 Å². The minimum absolute atomic E-state index is 0.505. The molecule has 0 saturated heterocycles. The van der Waals surface area contributed by atoms with Crippen LogP contribution in [0.15, 0.2) is 0 Å². The van der Waals surface area contributed by atoms with E-state index in [9.17, 15) is 0 Å². The lowest BCUT2D eigenvalue weighted by atomic mass is 10.4. The molecular weight excluding hydrogens is 304 g/mol. The standard InChI is InChI=1S/C14H32O5Si2/c1-6-15-20(5,14-12-10-11-13-14)19-21(16-7-2,17-8-3)18-9-4/h14H,6-13H2,1-5H3. The van der Waals surface area contributed by atoms with Crippen LogP contribution in [0.1, 0.15) is 53.4 Å². The summed E-state index contributed by atoms with van der Waals surface area (Å²) in [4.78, 5) is 0. The zero-order chi connectivity index (χ0) is 15.8. The molecule has 0 heterocycles. The van der Waals surface area contributed by atoms with E-state index in [1.54, 1.807) is 0 Å². The Morgan fingerprint density at radius 3 is 1.57 bits per heavy atom. The van der Waals surface area contributed by atoms with Crippen LogP contribution in [0.25, 0.3) is 0 Å². The van der Waals surface area contributed by atoms with Crippen LogP contribution in [0.5, 0.6) is 0 Å². The first-order chi connectivity index (χ1) is 10.1. The Morgan fingerprint density at radius 2 is 1.19 bits per heavy atom. The highest BCUT2D eigenvalue weighted by atomic mass is 28.5. The topological polar surface area (TPSA) is 46.2 Å².